The highest BCUT2D eigenvalue weighted by Gasteiger charge is 2.09. The minimum Gasteiger partial charge on any atom is -0.478 e. The van der Waals surface area contributed by atoms with Crippen LogP contribution in [0.15, 0.2) is 34.1 Å². The monoisotopic (exact) mass is 296 g/mol. The molecule has 4 heteroatoms. The second-order valence-electron chi connectivity index (χ2n) is 3.49. The molecule has 16 heavy (non-hydrogen) atoms. The smallest absolute Gasteiger partial charge is 0.335 e. The molecule has 0 radical (unpaired) electrons. The van der Waals surface area contributed by atoms with Crippen molar-refractivity contribution in [3.8, 4) is 10.4 Å². The van der Waals surface area contributed by atoms with E-state index in [4.69, 9.17) is 5.11 Å². The number of benzene rings is 1. The summed E-state index contributed by atoms with van der Waals surface area (Å²) in [4.78, 5) is 12.0. The molecule has 2 aromatic rings. The van der Waals surface area contributed by atoms with Crippen LogP contribution in [-0.4, -0.2) is 11.1 Å². The van der Waals surface area contributed by atoms with Gasteiger partial charge in [-0.3, -0.25) is 0 Å². The first-order valence-corrected chi connectivity index (χ1v) is 6.33. The van der Waals surface area contributed by atoms with Gasteiger partial charge < -0.3 is 5.11 Å². The van der Waals surface area contributed by atoms with E-state index in [0.29, 0.717) is 5.56 Å². The molecule has 1 heterocycles. The number of hydrogen-bond acceptors (Lipinski definition) is 2. The van der Waals surface area contributed by atoms with Gasteiger partial charge in [0.05, 0.1) is 5.56 Å². The third kappa shape index (κ3) is 2.18. The number of aryl methyl sites for hydroxylation is 1. The molecule has 82 valence electrons. The van der Waals surface area contributed by atoms with E-state index in [2.05, 4.69) is 15.9 Å². The predicted molar refractivity (Wildman–Crippen MR) is 69.2 cm³/mol. The average Bonchev–Trinajstić information content (AvgIpc) is 2.63. The van der Waals surface area contributed by atoms with Crippen LogP contribution in [-0.2, 0) is 0 Å². The van der Waals surface area contributed by atoms with E-state index in [1.54, 1.807) is 23.5 Å². The van der Waals surface area contributed by atoms with Gasteiger partial charge in [-0.2, -0.15) is 0 Å². The zero-order valence-corrected chi connectivity index (χ0v) is 10.9. The van der Waals surface area contributed by atoms with E-state index in [-0.39, 0.29) is 0 Å². The van der Waals surface area contributed by atoms with Crippen LogP contribution in [0.1, 0.15) is 15.9 Å². The molecule has 1 N–H and O–H groups in total. The Labute approximate surface area is 106 Å². The lowest BCUT2D eigenvalue weighted by Crippen LogP contribution is -1.97. The molecular weight excluding hydrogens is 288 g/mol. The third-order valence-electron chi connectivity index (χ3n) is 2.20. The fourth-order valence-corrected chi connectivity index (χ4v) is 3.13. The Hall–Kier alpha value is -1.13. The Morgan fingerprint density at radius 3 is 2.69 bits per heavy atom. The highest BCUT2D eigenvalue weighted by molar-refractivity contribution is 9.10. The van der Waals surface area contributed by atoms with Crippen LogP contribution in [0, 0.1) is 6.92 Å². The molecular formula is C12H9BrO2S. The number of aromatic carboxylic acids is 1. The van der Waals surface area contributed by atoms with Crippen molar-refractivity contribution in [1.82, 2.24) is 0 Å². The summed E-state index contributed by atoms with van der Waals surface area (Å²) in [6.07, 6.45) is 0. The quantitative estimate of drug-likeness (QED) is 0.902. The van der Waals surface area contributed by atoms with Gasteiger partial charge >= 0.3 is 5.97 Å². The van der Waals surface area contributed by atoms with Crippen LogP contribution in [0.25, 0.3) is 10.4 Å². The van der Waals surface area contributed by atoms with E-state index in [1.165, 1.54) is 0 Å². The number of hydrogen-bond donors (Lipinski definition) is 1. The molecule has 0 aliphatic heterocycles. The highest BCUT2D eigenvalue weighted by Crippen LogP contribution is 2.34. The standard InChI is InChI=1S/C12H9BrO2S/c1-7-4-8(6-9(5-7)12(14)15)11-10(13)2-3-16-11/h2-6H,1H3,(H,14,15). The van der Waals surface area contributed by atoms with Crippen LogP contribution in [0.5, 0.6) is 0 Å². The molecule has 1 aromatic carbocycles. The SMILES string of the molecule is Cc1cc(C(=O)O)cc(-c2sccc2Br)c1. The Kier molecular flexibility index (Phi) is 3.12. The van der Waals surface area contributed by atoms with E-state index in [0.717, 1.165) is 20.5 Å². The second-order valence-corrected chi connectivity index (χ2v) is 5.26. The largest absolute Gasteiger partial charge is 0.478 e. The number of carbonyl (C=O) groups is 1. The van der Waals surface area contributed by atoms with Gasteiger partial charge in [-0.15, -0.1) is 11.3 Å². The van der Waals surface area contributed by atoms with Crippen molar-refractivity contribution in [2.45, 2.75) is 6.92 Å². The Morgan fingerprint density at radius 1 is 1.38 bits per heavy atom. The van der Waals surface area contributed by atoms with Gasteiger partial charge in [0.2, 0.25) is 0 Å². The summed E-state index contributed by atoms with van der Waals surface area (Å²) in [7, 11) is 0. The van der Waals surface area contributed by atoms with Gasteiger partial charge in [0.1, 0.15) is 0 Å². The highest BCUT2D eigenvalue weighted by atomic mass is 79.9. The van der Waals surface area contributed by atoms with E-state index < -0.39 is 5.97 Å². The lowest BCUT2D eigenvalue weighted by molar-refractivity contribution is 0.0697. The van der Waals surface area contributed by atoms with Crippen molar-refractivity contribution in [3.63, 3.8) is 0 Å². The zero-order valence-electron chi connectivity index (χ0n) is 8.53. The lowest BCUT2D eigenvalue weighted by Gasteiger charge is -2.03. The maximum Gasteiger partial charge on any atom is 0.335 e. The van der Waals surface area contributed by atoms with Crippen LogP contribution in [0.2, 0.25) is 0 Å². The lowest BCUT2D eigenvalue weighted by atomic mass is 10.1. The summed E-state index contributed by atoms with van der Waals surface area (Å²) in [5.74, 6) is -0.891. The fourth-order valence-electron chi connectivity index (χ4n) is 1.54. The zero-order chi connectivity index (χ0) is 11.7. The molecule has 0 amide bonds. The molecule has 1 aromatic heterocycles. The Bertz CT molecular complexity index is 546. The minimum absolute atomic E-state index is 0.329. The molecule has 0 fully saturated rings. The number of rotatable bonds is 2. The van der Waals surface area contributed by atoms with Gasteiger partial charge in [0, 0.05) is 9.35 Å². The molecule has 0 atom stereocenters. The van der Waals surface area contributed by atoms with Crippen molar-refractivity contribution >= 4 is 33.2 Å². The Balaban J connectivity index is 2.58. The van der Waals surface area contributed by atoms with Crippen molar-refractivity contribution in [2.24, 2.45) is 0 Å². The summed E-state index contributed by atoms with van der Waals surface area (Å²) in [6.45, 7) is 1.90. The summed E-state index contributed by atoms with van der Waals surface area (Å²) in [5.41, 5.74) is 2.23. The van der Waals surface area contributed by atoms with Gasteiger partial charge in [-0.25, -0.2) is 4.79 Å². The summed E-state index contributed by atoms with van der Waals surface area (Å²) in [5, 5.41) is 11.0. The Morgan fingerprint density at radius 2 is 2.12 bits per heavy atom. The predicted octanol–water partition coefficient (Wildman–Crippen LogP) is 4.18. The van der Waals surface area contributed by atoms with Crippen LogP contribution >= 0.6 is 27.3 Å². The summed E-state index contributed by atoms with van der Waals surface area (Å²) < 4.78 is 0.999. The molecule has 2 nitrogen and oxygen atoms in total. The van der Waals surface area contributed by atoms with Gasteiger partial charge in [0.15, 0.2) is 0 Å². The molecule has 0 saturated carbocycles. The number of carboxylic acid groups (broad SMARTS) is 1. The molecule has 0 aliphatic rings. The van der Waals surface area contributed by atoms with Gasteiger partial charge in [-0.1, -0.05) is 6.07 Å². The molecule has 0 unspecified atom stereocenters. The van der Waals surface area contributed by atoms with Crippen molar-refractivity contribution in [1.29, 1.82) is 0 Å². The number of thiophene rings is 1. The minimum atomic E-state index is -0.891. The summed E-state index contributed by atoms with van der Waals surface area (Å²) >= 11 is 5.04. The van der Waals surface area contributed by atoms with E-state index in [9.17, 15) is 4.79 Å². The van der Waals surface area contributed by atoms with Crippen LogP contribution in [0.4, 0.5) is 0 Å². The average molecular weight is 297 g/mol. The van der Waals surface area contributed by atoms with Crippen molar-refractivity contribution in [3.05, 3.63) is 45.2 Å². The number of carboxylic acids is 1. The summed E-state index contributed by atoms with van der Waals surface area (Å²) in [6, 6.07) is 7.32. The molecule has 0 spiro atoms. The van der Waals surface area contributed by atoms with Crippen molar-refractivity contribution in [2.75, 3.05) is 0 Å². The first kappa shape index (κ1) is 11.4. The normalized spacial score (nSPS) is 10.4. The first-order valence-electron chi connectivity index (χ1n) is 4.66. The third-order valence-corrected chi connectivity index (χ3v) is 4.09. The fraction of sp³-hybridized carbons (Fsp3) is 0.0833. The molecule has 0 bridgehead atoms. The molecule has 0 saturated heterocycles. The van der Waals surface area contributed by atoms with E-state index >= 15 is 0 Å². The number of halogens is 1. The maximum atomic E-state index is 11.0. The van der Waals surface area contributed by atoms with Crippen molar-refractivity contribution < 1.29 is 9.90 Å². The van der Waals surface area contributed by atoms with Gasteiger partial charge in [0.25, 0.3) is 0 Å². The first-order chi connectivity index (χ1) is 7.58. The maximum absolute atomic E-state index is 11.0. The van der Waals surface area contributed by atoms with Crippen LogP contribution in [0.3, 0.4) is 0 Å². The van der Waals surface area contributed by atoms with E-state index in [1.807, 2.05) is 24.4 Å². The topological polar surface area (TPSA) is 37.3 Å². The molecule has 0 aliphatic carbocycles. The second kappa shape index (κ2) is 4.39. The molecule has 2 rings (SSSR count). The van der Waals surface area contributed by atoms with Gasteiger partial charge in [-0.05, 0) is 57.6 Å². The van der Waals surface area contributed by atoms with Crippen LogP contribution < -0.4 is 0 Å².